The van der Waals surface area contributed by atoms with E-state index < -0.39 is 0 Å². The number of nitrogens with zero attached hydrogens (tertiary/aromatic N) is 1. The molecular weight excluding hydrogens is 246 g/mol. The Morgan fingerprint density at radius 1 is 0.750 bits per heavy atom. The zero-order chi connectivity index (χ0) is 13.6. The molecule has 0 unspecified atom stereocenters. The maximum Gasteiger partial charge on any atom is 0.104 e. The highest BCUT2D eigenvalue weighted by Crippen LogP contribution is 2.17. The molecule has 1 N–H and O–H groups in total. The molecule has 0 aliphatic heterocycles. The highest BCUT2D eigenvalue weighted by atomic mass is 16.0. The Balaban J connectivity index is 0.00000200. The van der Waals surface area contributed by atoms with Crippen molar-refractivity contribution in [3.8, 4) is 0 Å². The normalized spacial score (nSPS) is 10.9. The van der Waals surface area contributed by atoms with Crippen molar-refractivity contribution in [3.63, 3.8) is 0 Å². The predicted octanol–water partition coefficient (Wildman–Crippen LogP) is 4.07. The van der Waals surface area contributed by atoms with Gasteiger partial charge >= 0.3 is 0 Å². The monoisotopic (exact) mass is 271 g/mol. The lowest BCUT2D eigenvalue weighted by Gasteiger charge is -2.34. The topological polar surface area (TPSA) is 30.0 Å². The summed E-state index contributed by atoms with van der Waals surface area (Å²) in [7, 11) is 2.36. The highest BCUT2D eigenvalue weighted by Gasteiger charge is 2.21. The van der Waals surface area contributed by atoms with Crippen LogP contribution in [0.2, 0.25) is 0 Å². The molecule has 0 spiro atoms. The van der Waals surface area contributed by atoms with Crippen LogP contribution >= 0.6 is 0 Å². The third-order valence-electron chi connectivity index (χ3n) is 3.58. The minimum Gasteiger partial charge on any atom is -0.870 e. The molecule has 2 nitrogen and oxygen atoms in total. The Labute approximate surface area is 122 Å². The van der Waals surface area contributed by atoms with Crippen LogP contribution in [0, 0.1) is 0 Å². The van der Waals surface area contributed by atoms with Crippen molar-refractivity contribution >= 4 is 0 Å². The van der Waals surface area contributed by atoms with Gasteiger partial charge in [-0.3, -0.25) is 0 Å². The first-order valence-corrected chi connectivity index (χ1v) is 7.13. The number of benzene rings is 2. The number of rotatable bonds is 6. The second-order valence-electron chi connectivity index (χ2n) is 5.63. The maximum absolute atomic E-state index is 2.36. The van der Waals surface area contributed by atoms with Crippen LogP contribution in [0.5, 0.6) is 0 Å². The second-order valence-corrected chi connectivity index (χ2v) is 5.63. The Morgan fingerprint density at radius 2 is 1.15 bits per heavy atom. The third kappa shape index (κ3) is 4.80. The average Bonchev–Trinajstić information content (AvgIpc) is 2.41. The molecule has 2 aromatic carbocycles. The van der Waals surface area contributed by atoms with Gasteiger partial charge in [0, 0.05) is 11.1 Å². The molecule has 2 heteroatoms. The fraction of sp³-hybridized carbons (Fsp3) is 0.333. The summed E-state index contributed by atoms with van der Waals surface area (Å²) in [6.45, 7) is 5.68. The Morgan fingerprint density at radius 3 is 1.50 bits per heavy atom. The van der Waals surface area contributed by atoms with E-state index in [1.807, 2.05) is 0 Å². The van der Waals surface area contributed by atoms with Gasteiger partial charge in [-0.1, -0.05) is 67.6 Å². The molecule has 108 valence electrons. The zero-order valence-electron chi connectivity index (χ0n) is 12.5. The molecule has 2 aromatic rings. The molecule has 0 radical (unpaired) electrons. The van der Waals surface area contributed by atoms with Crippen LogP contribution in [0.3, 0.4) is 0 Å². The van der Waals surface area contributed by atoms with Crippen molar-refractivity contribution in [2.45, 2.75) is 26.4 Å². The summed E-state index contributed by atoms with van der Waals surface area (Å²) in [5.41, 5.74) is 2.85. The maximum atomic E-state index is 2.36. The van der Waals surface area contributed by atoms with E-state index in [1.54, 1.807) is 0 Å². The Hall–Kier alpha value is -1.64. The van der Waals surface area contributed by atoms with Crippen LogP contribution < -0.4 is 0 Å². The standard InChI is InChI=1S/C18H24N.H2O/c1-3-14-19(2,15-17-10-6-4-7-11-17)16-18-12-8-5-9-13-18;/h4-13H,3,14-16H2,1-2H3;1H2/q+1;/p-1. The van der Waals surface area contributed by atoms with Gasteiger partial charge in [0.1, 0.15) is 13.1 Å². The van der Waals surface area contributed by atoms with E-state index in [0.29, 0.717) is 0 Å². The first-order valence-electron chi connectivity index (χ1n) is 7.13. The summed E-state index contributed by atoms with van der Waals surface area (Å²) in [4.78, 5) is 0. The largest absolute Gasteiger partial charge is 0.870 e. The lowest BCUT2D eigenvalue weighted by molar-refractivity contribution is -0.935. The summed E-state index contributed by atoms with van der Waals surface area (Å²) in [5.74, 6) is 0. The van der Waals surface area contributed by atoms with Gasteiger partial charge in [-0.05, 0) is 6.42 Å². The molecule has 0 amide bonds. The van der Waals surface area contributed by atoms with Gasteiger partial charge in [-0.25, -0.2) is 0 Å². The van der Waals surface area contributed by atoms with Crippen molar-refractivity contribution in [1.82, 2.24) is 0 Å². The first kappa shape index (κ1) is 16.4. The molecule has 0 heterocycles. The van der Waals surface area contributed by atoms with Gasteiger partial charge in [-0.2, -0.15) is 0 Å². The number of hydrogen-bond donors (Lipinski definition) is 0. The van der Waals surface area contributed by atoms with E-state index in [9.17, 15) is 0 Å². The number of hydrogen-bond acceptors (Lipinski definition) is 1. The highest BCUT2D eigenvalue weighted by molar-refractivity contribution is 5.15. The molecular formula is C18H25NO. The zero-order valence-corrected chi connectivity index (χ0v) is 12.5. The SMILES string of the molecule is CCC[N+](C)(Cc1ccccc1)Cc1ccccc1.[OH-]. The smallest absolute Gasteiger partial charge is 0.104 e. The molecule has 0 saturated carbocycles. The fourth-order valence-corrected chi connectivity index (χ4v) is 2.80. The van der Waals surface area contributed by atoms with Gasteiger partial charge in [0.2, 0.25) is 0 Å². The lowest BCUT2D eigenvalue weighted by atomic mass is 10.1. The van der Waals surface area contributed by atoms with Crippen LogP contribution in [0.4, 0.5) is 0 Å². The summed E-state index contributed by atoms with van der Waals surface area (Å²) in [6, 6.07) is 21.6. The average molecular weight is 271 g/mol. The van der Waals surface area contributed by atoms with E-state index >= 15 is 0 Å². The molecule has 20 heavy (non-hydrogen) atoms. The Kier molecular flexibility index (Phi) is 6.43. The minimum atomic E-state index is 0. The van der Waals surface area contributed by atoms with E-state index in [2.05, 4.69) is 74.6 Å². The summed E-state index contributed by atoms with van der Waals surface area (Å²) in [5, 5.41) is 0. The number of quaternary nitrogens is 1. The van der Waals surface area contributed by atoms with Crippen LogP contribution in [-0.4, -0.2) is 23.6 Å². The first-order chi connectivity index (χ1) is 9.22. The van der Waals surface area contributed by atoms with Crippen molar-refractivity contribution in [1.29, 1.82) is 0 Å². The van der Waals surface area contributed by atoms with Gasteiger partial charge in [-0.15, -0.1) is 0 Å². The fourth-order valence-electron chi connectivity index (χ4n) is 2.80. The second kappa shape index (κ2) is 7.83. The van der Waals surface area contributed by atoms with E-state index in [0.717, 1.165) is 17.6 Å². The molecule has 0 aromatic heterocycles. The quantitative estimate of drug-likeness (QED) is 0.728. The van der Waals surface area contributed by atoms with Crippen molar-refractivity contribution in [2.24, 2.45) is 0 Å². The molecule has 2 rings (SSSR count). The minimum absolute atomic E-state index is 0. The van der Waals surface area contributed by atoms with E-state index in [1.165, 1.54) is 24.1 Å². The van der Waals surface area contributed by atoms with Crippen LogP contribution in [0.15, 0.2) is 60.7 Å². The third-order valence-corrected chi connectivity index (χ3v) is 3.58. The van der Waals surface area contributed by atoms with Crippen molar-refractivity contribution in [2.75, 3.05) is 13.6 Å². The summed E-state index contributed by atoms with van der Waals surface area (Å²) >= 11 is 0. The lowest BCUT2D eigenvalue weighted by Crippen LogP contribution is -2.43. The summed E-state index contributed by atoms with van der Waals surface area (Å²) < 4.78 is 1.07. The van der Waals surface area contributed by atoms with Gasteiger partial charge in [0.05, 0.1) is 13.6 Å². The summed E-state index contributed by atoms with van der Waals surface area (Å²) in [6.07, 6.45) is 1.22. The molecule has 0 saturated heterocycles. The molecule has 0 aliphatic carbocycles. The van der Waals surface area contributed by atoms with E-state index in [4.69, 9.17) is 0 Å². The van der Waals surface area contributed by atoms with Crippen molar-refractivity contribution in [3.05, 3.63) is 71.8 Å². The van der Waals surface area contributed by atoms with Gasteiger partial charge < -0.3 is 9.96 Å². The molecule has 0 fully saturated rings. The molecule has 0 atom stereocenters. The molecule has 0 bridgehead atoms. The van der Waals surface area contributed by atoms with Crippen LogP contribution in [-0.2, 0) is 13.1 Å². The van der Waals surface area contributed by atoms with Crippen LogP contribution in [0.25, 0.3) is 0 Å². The Bertz CT molecular complexity index is 440. The van der Waals surface area contributed by atoms with Crippen molar-refractivity contribution < 1.29 is 9.96 Å². The molecule has 0 aliphatic rings. The van der Waals surface area contributed by atoms with Crippen LogP contribution in [0.1, 0.15) is 24.5 Å². The van der Waals surface area contributed by atoms with Gasteiger partial charge in [0.15, 0.2) is 0 Å². The van der Waals surface area contributed by atoms with Gasteiger partial charge in [0.25, 0.3) is 0 Å². The predicted molar refractivity (Wildman–Crippen MR) is 83.6 cm³/mol. The van der Waals surface area contributed by atoms with E-state index in [-0.39, 0.29) is 5.48 Å².